The molecule has 3 heteroatoms. The second-order valence-electron chi connectivity index (χ2n) is 3.66. The van der Waals surface area contributed by atoms with Crippen LogP contribution < -0.4 is 0 Å². The molecular formula is C12H15FNO. The van der Waals surface area contributed by atoms with E-state index in [4.69, 9.17) is 4.84 Å². The largest absolute Gasteiger partial charge is 0.294 e. The minimum absolute atomic E-state index is 0.193. The number of piperidine rings is 1. The highest BCUT2D eigenvalue weighted by Crippen LogP contribution is 2.12. The first-order valence-corrected chi connectivity index (χ1v) is 5.29. The van der Waals surface area contributed by atoms with Gasteiger partial charge in [-0.15, -0.1) is 0 Å². The summed E-state index contributed by atoms with van der Waals surface area (Å²) in [6.07, 6.45) is 4.36. The van der Waals surface area contributed by atoms with E-state index in [9.17, 15) is 4.39 Å². The average Bonchev–Trinajstić information content (AvgIpc) is 2.29. The Hall–Kier alpha value is -0.930. The Morgan fingerprint density at radius 3 is 2.67 bits per heavy atom. The minimum atomic E-state index is -0.193. The van der Waals surface area contributed by atoms with Crippen molar-refractivity contribution in [1.29, 1.82) is 0 Å². The van der Waals surface area contributed by atoms with Gasteiger partial charge in [-0.05, 0) is 25.3 Å². The van der Waals surface area contributed by atoms with Crippen molar-refractivity contribution in [3.05, 3.63) is 42.1 Å². The number of hydrogen-bond donors (Lipinski definition) is 0. The molecule has 0 saturated carbocycles. The highest BCUT2D eigenvalue weighted by molar-refractivity contribution is 5.16. The van der Waals surface area contributed by atoms with Crippen LogP contribution in [0.4, 0.5) is 4.39 Å². The van der Waals surface area contributed by atoms with Gasteiger partial charge in [-0.3, -0.25) is 4.84 Å². The Bertz CT molecular complexity index is 310. The highest BCUT2D eigenvalue weighted by Gasteiger charge is 2.11. The molecule has 0 N–H and O–H groups in total. The number of rotatable bonds is 3. The number of halogens is 1. The lowest BCUT2D eigenvalue weighted by molar-refractivity contribution is -0.174. The summed E-state index contributed by atoms with van der Waals surface area (Å²) >= 11 is 0. The van der Waals surface area contributed by atoms with Gasteiger partial charge in [-0.25, -0.2) is 4.39 Å². The topological polar surface area (TPSA) is 12.5 Å². The van der Waals surface area contributed by atoms with Gasteiger partial charge in [-0.1, -0.05) is 18.2 Å². The molecule has 0 amide bonds. The predicted molar refractivity (Wildman–Crippen MR) is 56.3 cm³/mol. The summed E-state index contributed by atoms with van der Waals surface area (Å²) in [5.74, 6) is -0.193. The molecule has 0 bridgehead atoms. The maximum Gasteiger partial charge on any atom is 0.128 e. The van der Waals surface area contributed by atoms with E-state index in [-0.39, 0.29) is 5.82 Å². The summed E-state index contributed by atoms with van der Waals surface area (Å²) in [7, 11) is 0. The van der Waals surface area contributed by atoms with Gasteiger partial charge in [-0.2, -0.15) is 5.06 Å². The smallest absolute Gasteiger partial charge is 0.128 e. The van der Waals surface area contributed by atoms with E-state index in [1.807, 2.05) is 11.1 Å². The zero-order valence-corrected chi connectivity index (χ0v) is 8.66. The molecule has 0 aliphatic carbocycles. The van der Waals surface area contributed by atoms with Crippen LogP contribution in [0.1, 0.15) is 18.4 Å². The van der Waals surface area contributed by atoms with E-state index < -0.39 is 0 Å². The van der Waals surface area contributed by atoms with Crippen molar-refractivity contribution in [1.82, 2.24) is 5.06 Å². The van der Waals surface area contributed by atoms with Crippen molar-refractivity contribution in [3.63, 3.8) is 0 Å². The Balaban J connectivity index is 1.84. The van der Waals surface area contributed by atoms with Crippen molar-refractivity contribution in [2.75, 3.05) is 13.1 Å². The van der Waals surface area contributed by atoms with Gasteiger partial charge >= 0.3 is 0 Å². The Labute approximate surface area is 89.6 Å². The third-order valence-electron chi connectivity index (χ3n) is 2.53. The van der Waals surface area contributed by atoms with Crippen LogP contribution in [0.2, 0.25) is 0 Å². The van der Waals surface area contributed by atoms with Crippen molar-refractivity contribution in [2.45, 2.75) is 19.4 Å². The molecule has 81 valence electrons. The van der Waals surface area contributed by atoms with Crippen molar-refractivity contribution in [2.24, 2.45) is 0 Å². The summed E-state index contributed by atoms with van der Waals surface area (Å²) < 4.78 is 13.2. The standard InChI is InChI=1S/C12H15FNO/c13-12-7-3-2-6-11(12)10-15-14-8-4-1-5-9-14/h1-3,6-7H,4-5,8-10H2. The maximum atomic E-state index is 13.2. The number of hydrogen-bond acceptors (Lipinski definition) is 2. The zero-order valence-electron chi connectivity index (χ0n) is 8.66. The minimum Gasteiger partial charge on any atom is -0.294 e. The van der Waals surface area contributed by atoms with E-state index in [0.29, 0.717) is 12.2 Å². The monoisotopic (exact) mass is 208 g/mol. The molecule has 1 fully saturated rings. The summed E-state index contributed by atoms with van der Waals surface area (Å²) in [5, 5.41) is 1.91. The first-order chi connectivity index (χ1) is 7.36. The fourth-order valence-electron chi connectivity index (χ4n) is 1.63. The molecule has 1 aliphatic heterocycles. The Morgan fingerprint density at radius 1 is 1.20 bits per heavy atom. The van der Waals surface area contributed by atoms with E-state index in [1.165, 1.54) is 6.07 Å². The average molecular weight is 208 g/mol. The second-order valence-corrected chi connectivity index (χ2v) is 3.66. The summed E-state index contributed by atoms with van der Waals surface area (Å²) in [4.78, 5) is 5.52. The van der Waals surface area contributed by atoms with Crippen molar-refractivity contribution < 1.29 is 9.23 Å². The third kappa shape index (κ3) is 3.01. The predicted octanol–water partition coefficient (Wildman–Crippen LogP) is 2.56. The molecule has 0 aromatic heterocycles. The fraction of sp³-hybridized carbons (Fsp3) is 0.417. The fourth-order valence-corrected chi connectivity index (χ4v) is 1.63. The van der Waals surface area contributed by atoms with Gasteiger partial charge in [0.15, 0.2) is 0 Å². The molecule has 1 aromatic rings. The van der Waals surface area contributed by atoms with Gasteiger partial charge in [0, 0.05) is 18.7 Å². The van der Waals surface area contributed by atoms with Gasteiger partial charge in [0.1, 0.15) is 5.82 Å². The maximum absolute atomic E-state index is 13.2. The van der Waals surface area contributed by atoms with E-state index in [1.54, 1.807) is 12.1 Å². The van der Waals surface area contributed by atoms with Gasteiger partial charge in [0.2, 0.25) is 0 Å². The summed E-state index contributed by atoms with van der Waals surface area (Å²) in [5.41, 5.74) is 0.618. The molecule has 1 aromatic carbocycles. The molecule has 1 radical (unpaired) electrons. The van der Waals surface area contributed by atoms with Crippen LogP contribution >= 0.6 is 0 Å². The lowest BCUT2D eigenvalue weighted by Crippen LogP contribution is -2.30. The lowest BCUT2D eigenvalue weighted by Gasteiger charge is -2.25. The quantitative estimate of drug-likeness (QED) is 0.757. The molecule has 0 atom stereocenters. The molecule has 1 aliphatic rings. The molecule has 1 heterocycles. The zero-order chi connectivity index (χ0) is 10.5. The summed E-state index contributed by atoms with van der Waals surface area (Å²) in [6, 6.07) is 6.73. The molecule has 0 unspecified atom stereocenters. The van der Waals surface area contributed by atoms with E-state index in [2.05, 4.69) is 6.42 Å². The third-order valence-corrected chi connectivity index (χ3v) is 2.53. The number of hydroxylamine groups is 2. The van der Waals surface area contributed by atoms with Crippen LogP contribution in [-0.4, -0.2) is 18.2 Å². The normalized spacial score (nSPS) is 17.9. The first kappa shape index (κ1) is 10.6. The second kappa shape index (κ2) is 5.24. The first-order valence-electron chi connectivity index (χ1n) is 5.29. The van der Waals surface area contributed by atoms with E-state index in [0.717, 1.165) is 25.9 Å². The highest BCUT2D eigenvalue weighted by atomic mass is 19.1. The van der Waals surface area contributed by atoms with Crippen LogP contribution in [0, 0.1) is 12.2 Å². The van der Waals surface area contributed by atoms with Crippen LogP contribution in [0.25, 0.3) is 0 Å². The molecule has 15 heavy (non-hydrogen) atoms. The van der Waals surface area contributed by atoms with Crippen molar-refractivity contribution in [3.8, 4) is 0 Å². The number of benzene rings is 1. The molecular weight excluding hydrogens is 193 g/mol. The lowest BCUT2D eigenvalue weighted by atomic mass is 10.2. The Morgan fingerprint density at radius 2 is 1.93 bits per heavy atom. The molecule has 1 saturated heterocycles. The van der Waals surface area contributed by atoms with Crippen LogP contribution in [0.15, 0.2) is 24.3 Å². The van der Waals surface area contributed by atoms with Gasteiger partial charge in [0.25, 0.3) is 0 Å². The van der Waals surface area contributed by atoms with Gasteiger partial charge < -0.3 is 0 Å². The van der Waals surface area contributed by atoms with Crippen molar-refractivity contribution >= 4 is 0 Å². The Kier molecular flexibility index (Phi) is 3.69. The van der Waals surface area contributed by atoms with Crippen LogP contribution in [0.3, 0.4) is 0 Å². The van der Waals surface area contributed by atoms with Crippen LogP contribution in [-0.2, 0) is 11.4 Å². The van der Waals surface area contributed by atoms with Gasteiger partial charge in [0.05, 0.1) is 6.61 Å². The molecule has 2 rings (SSSR count). The summed E-state index contributed by atoms with van der Waals surface area (Å²) in [6.45, 7) is 2.15. The molecule has 2 nitrogen and oxygen atoms in total. The SMILES string of the molecule is Fc1ccccc1CON1CC[CH]CC1. The van der Waals surface area contributed by atoms with Crippen LogP contribution in [0.5, 0.6) is 0 Å². The van der Waals surface area contributed by atoms with E-state index >= 15 is 0 Å². The molecule has 0 spiro atoms. The number of nitrogens with zero attached hydrogens (tertiary/aromatic N) is 1.